The third-order valence-electron chi connectivity index (χ3n) is 3.62. The molecular weight excluding hydrogens is 338 g/mol. The molecule has 138 valence electrons. The van der Waals surface area contributed by atoms with E-state index in [1.807, 2.05) is 26.8 Å². The molecule has 1 rings (SSSR count). The molecule has 0 aliphatic carbocycles. The first kappa shape index (κ1) is 21.3. The predicted molar refractivity (Wildman–Crippen MR) is 102 cm³/mol. The van der Waals surface area contributed by atoms with E-state index in [9.17, 15) is 4.79 Å². The summed E-state index contributed by atoms with van der Waals surface area (Å²) in [5, 5.41) is 16.1. The van der Waals surface area contributed by atoms with Gasteiger partial charge in [0.1, 0.15) is 11.7 Å². The van der Waals surface area contributed by atoms with Crippen LogP contribution in [0.2, 0.25) is 5.02 Å². The molecule has 2 unspecified atom stereocenters. The molecule has 25 heavy (non-hydrogen) atoms. The molecule has 1 aromatic carbocycles. The summed E-state index contributed by atoms with van der Waals surface area (Å²) < 4.78 is 5.42. The molecule has 0 heterocycles. The highest BCUT2D eigenvalue weighted by Gasteiger charge is 2.21. The number of hydrogen-bond donors (Lipinski definition) is 2. The third kappa shape index (κ3) is 8.24. The molecule has 0 fully saturated rings. The minimum absolute atomic E-state index is 0.146. The van der Waals surface area contributed by atoms with Gasteiger partial charge in [-0.25, -0.2) is 0 Å². The second-order valence-corrected chi connectivity index (χ2v) is 7.56. The van der Waals surface area contributed by atoms with Gasteiger partial charge in [0.25, 0.3) is 0 Å². The van der Waals surface area contributed by atoms with Gasteiger partial charge < -0.3 is 15.4 Å². The molecule has 0 aliphatic rings. The van der Waals surface area contributed by atoms with Crippen LogP contribution in [0.3, 0.4) is 0 Å². The Hall–Kier alpha value is -1.77. The van der Waals surface area contributed by atoms with Crippen LogP contribution in [0.15, 0.2) is 18.2 Å². The topological polar surface area (TPSA) is 74.2 Å². The fourth-order valence-electron chi connectivity index (χ4n) is 2.18. The van der Waals surface area contributed by atoms with E-state index in [0.29, 0.717) is 23.2 Å². The molecule has 2 N–H and O–H groups in total. The summed E-state index contributed by atoms with van der Waals surface area (Å²) in [5.74, 6) is -0.254. The highest BCUT2D eigenvalue weighted by molar-refractivity contribution is 6.32. The Morgan fingerprint density at radius 2 is 2.08 bits per heavy atom. The largest absolute Gasteiger partial charge is 0.460 e. The standard InChI is InChI=1S/C19H28ClN3O2/c1-6-13(2)22-12-16(10-18(24)25-19(3,4)5)23-15-8-7-14(11-21)17(20)9-15/h7-9,13,16,22-23H,6,10,12H2,1-5H3. The van der Waals surface area contributed by atoms with Crippen LogP contribution in [0.4, 0.5) is 5.69 Å². The van der Waals surface area contributed by atoms with Crippen LogP contribution in [0.25, 0.3) is 0 Å². The van der Waals surface area contributed by atoms with Gasteiger partial charge in [-0.3, -0.25) is 4.79 Å². The maximum atomic E-state index is 12.2. The molecular formula is C19H28ClN3O2. The zero-order valence-electron chi connectivity index (χ0n) is 15.6. The summed E-state index contributed by atoms with van der Waals surface area (Å²) in [5.41, 5.74) is 0.681. The van der Waals surface area contributed by atoms with Crippen molar-refractivity contribution in [3.8, 4) is 6.07 Å². The van der Waals surface area contributed by atoms with Crippen molar-refractivity contribution in [2.75, 3.05) is 11.9 Å². The zero-order valence-corrected chi connectivity index (χ0v) is 16.4. The summed E-state index contributed by atoms with van der Waals surface area (Å²) >= 11 is 6.09. The number of anilines is 1. The second kappa shape index (κ2) is 9.65. The Morgan fingerprint density at radius 3 is 2.60 bits per heavy atom. The van der Waals surface area contributed by atoms with Gasteiger partial charge in [-0.05, 0) is 52.3 Å². The predicted octanol–water partition coefficient (Wildman–Crippen LogP) is 4.11. The smallest absolute Gasteiger partial charge is 0.308 e. The first-order valence-electron chi connectivity index (χ1n) is 8.56. The van der Waals surface area contributed by atoms with Gasteiger partial charge in [0, 0.05) is 24.3 Å². The van der Waals surface area contributed by atoms with Crippen LogP contribution >= 0.6 is 11.6 Å². The van der Waals surface area contributed by atoms with Crippen LogP contribution in [0.1, 0.15) is 53.0 Å². The molecule has 6 heteroatoms. The molecule has 0 aromatic heterocycles. The summed E-state index contributed by atoms with van der Waals surface area (Å²) in [6.07, 6.45) is 1.24. The molecule has 0 saturated heterocycles. The average molecular weight is 366 g/mol. The van der Waals surface area contributed by atoms with Gasteiger partial charge >= 0.3 is 5.97 Å². The number of hydrogen-bond acceptors (Lipinski definition) is 5. The minimum atomic E-state index is -0.510. The molecule has 0 amide bonds. The van der Waals surface area contributed by atoms with Crippen LogP contribution < -0.4 is 10.6 Å². The molecule has 0 aliphatic heterocycles. The van der Waals surface area contributed by atoms with E-state index < -0.39 is 5.60 Å². The summed E-state index contributed by atoms with van der Waals surface area (Å²) in [6.45, 7) is 10.4. The van der Waals surface area contributed by atoms with Gasteiger partial charge in [0.2, 0.25) is 0 Å². The van der Waals surface area contributed by atoms with Crippen LogP contribution in [-0.2, 0) is 9.53 Å². The quantitative estimate of drug-likeness (QED) is 0.678. The molecule has 5 nitrogen and oxygen atoms in total. The van der Waals surface area contributed by atoms with Crippen molar-refractivity contribution in [3.63, 3.8) is 0 Å². The van der Waals surface area contributed by atoms with Gasteiger partial charge in [-0.2, -0.15) is 5.26 Å². The van der Waals surface area contributed by atoms with Crippen LogP contribution in [-0.4, -0.2) is 30.2 Å². The maximum absolute atomic E-state index is 12.2. The second-order valence-electron chi connectivity index (χ2n) is 7.16. The first-order valence-corrected chi connectivity index (χ1v) is 8.93. The molecule has 0 bridgehead atoms. The van der Waals surface area contributed by atoms with Crippen molar-refractivity contribution < 1.29 is 9.53 Å². The van der Waals surface area contributed by atoms with E-state index in [1.54, 1.807) is 18.2 Å². The van der Waals surface area contributed by atoms with Gasteiger partial charge in [0.05, 0.1) is 17.0 Å². The highest BCUT2D eigenvalue weighted by Crippen LogP contribution is 2.21. The molecule has 0 saturated carbocycles. The van der Waals surface area contributed by atoms with Gasteiger partial charge in [-0.1, -0.05) is 18.5 Å². The Balaban J connectivity index is 2.81. The number of carbonyl (C=O) groups excluding carboxylic acids is 1. The van der Waals surface area contributed by atoms with Crippen molar-refractivity contribution in [3.05, 3.63) is 28.8 Å². The third-order valence-corrected chi connectivity index (χ3v) is 3.93. The summed E-state index contributed by atoms with van der Waals surface area (Å²) in [6, 6.07) is 7.40. The monoisotopic (exact) mass is 365 g/mol. The lowest BCUT2D eigenvalue weighted by Crippen LogP contribution is -2.39. The number of nitrogens with one attached hydrogen (secondary N) is 2. The van der Waals surface area contributed by atoms with Crippen molar-refractivity contribution in [2.24, 2.45) is 0 Å². The Kier molecular flexibility index (Phi) is 8.21. The van der Waals surface area contributed by atoms with E-state index in [4.69, 9.17) is 21.6 Å². The molecule has 2 atom stereocenters. The SMILES string of the molecule is CCC(C)NCC(CC(=O)OC(C)(C)C)Nc1ccc(C#N)c(Cl)c1. The average Bonchev–Trinajstić information content (AvgIpc) is 2.50. The van der Waals surface area contributed by atoms with Gasteiger partial charge in [0.15, 0.2) is 0 Å². The first-order chi connectivity index (χ1) is 11.6. The van der Waals surface area contributed by atoms with Crippen LogP contribution in [0.5, 0.6) is 0 Å². The van der Waals surface area contributed by atoms with E-state index in [2.05, 4.69) is 24.5 Å². The number of benzene rings is 1. The number of halogens is 1. The Morgan fingerprint density at radius 1 is 1.40 bits per heavy atom. The van der Waals surface area contributed by atoms with E-state index in [-0.39, 0.29) is 18.4 Å². The van der Waals surface area contributed by atoms with Gasteiger partial charge in [-0.15, -0.1) is 0 Å². The van der Waals surface area contributed by atoms with Crippen LogP contribution in [0, 0.1) is 11.3 Å². The zero-order chi connectivity index (χ0) is 19.0. The highest BCUT2D eigenvalue weighted by atomic mass is 35.5. The van der Waals surface area contributed by atoms with Crippen molar-refractivity contribution >= 4 is 23.3 Å². The van der Waals surface area contributed by atoms with Crippen molar-refractivity contribution in [2.45, 2.75) is 65.1 Å². The lowest BCUT2D eigenvalue weighted by molar-refractivity contribution is -0.155. The molecule has 0 radical (unpaired) electrons. The maximum Gasteiger partial charge on any atom is 0.308 e. The Bertz CT molecular complexity index is 620. The normalized spacial score (nSPS) is 13.6. The van der Waals surface area contributed by atoms with E-state index in [1.165, 1.54) is 0 Å². The summed E-state index contributed by atoms with van der Waals surface area (Å²) in [7, 11) is 0. The minimum Gasteiger partial charge on any atom is -0.460 e. The number of carbonyl (C=O) groups is 1. The number of nitrogens with zero attached hydrogens (tertiary/aromatic N) is 1. The van der Waals surface area contributed by atoms with Crippen molar-refractivity contribution in [1.82, 2.24) is 5.32 Å². The van der Waals surface area contributed by atoms with E-state index in [0.717, 1.165) is 12.1 Å². The summed E-state index contributed by atoms with van der Waals surface area (Å²) in [4.78, 5) is 12.2. The number of ether oxygens (including phenoxy) is 1. The number of esters is 1. The lowest BCUT2D eigenvalue weighted by Gasteiger charge is -2.25. The lowest BCUT2D eigenvalue weighted by atomic mass is 10.1. The number of nitriles is 1. The molecule has 0 spiro atoms. The van der Waals surface area contributed by atoms with Crippen molar-refractivity contribution in [1.29, 1.82) is 5.26 Å². The fraction of sp³-hybridized carbons (Fsp3) is 0.579. The Labute approximate surface area is 155 Å². The fourth-order valence-corrected chi connectivity index (χ4v) is 2.40. The number of rotatable bonds is 8. The molecule has 1 aromatic rings. The van der Waals surface area contributed by atoms with E-state index >= 15 is 0 Å².